The van der Waals surface area contributed by atoms with Crippen molar-refractivity contribution in [1.29, 1.82) is 0 Å². The number of hydrogen-bond donors (Lipinski definition) is 2. The van der Waals surface area contributed by atoms with E-state index in [9.17, 15) is 23.4 Å². The van der Waals surface area contributed by atoms with Gasteiger partial charge in [-0.25, -0.2) is 0 Å². The van der Waals surface area contributed by atoms with Crippen LogP contribution in [0.25, 0.3) is 0 Å². The molecule has 0 aromatic heterocycles. The summed E-state index contributed by atoms with van der Waals surface area (Å²) >= 11 is 0. The summed E-state index contributed by atoms with van der Waals surface area (Å²) in [7, 11) is 0. The van der Waals surface area contributed by atoms with Crippen molar-refractivity contribution in [3.05, 3.63) is 11.6 Å². The molecule has 2 nitrogen and oxygen atoms in total. The molecule has 0 spiro atoms. The van der Waals surface area contributed by atoms with E-state index in [4.69, 9.17) is 0 Å². The molecule has 5 unspecified atom stereocenters. The van der Waals surface area contributed by atoms with Crippen molar-refractivity contribution in [3.63, 3.8) is 0 Å². The van der Waals surface area contributed by atoms with Crippen molar-refractivity contribution in [2.45, 2.75) is 131 Å². The molecule has 2 N–H and O–H groups in total. The minimum absolute atomic E-state index is 0.167. The molecule has 4 aliphatic rings. The molecular formula is C28H49F3O2. The summed E-state index contributed by atoms with van der Waals surface area (Å²) in [4.78, 5) is 0. The maximum Gasteiger partial charge on any atom is 0.414 e. The van der Waals surface area contributed by atoms with E-state index in [-0.39, 0.29) is 23.4 Å². The summed E-state index contributed by atoms with van der Waals surface area (Å²) in [5.74, 6) is 2.53. The molecule has 33 heavy (non-hydrogen) atoms. The fourth-order valence-electron chi connectivity index (χ4n) is 7.95. The van der Waals surface area contributed by atoms with Crippen LogP contribution in [0.3, 0.4) is 0 Å². The minimum atomic E-state index is -4.49. The standard InChI is InChI=1S/C24H37F3O2.2C2H6/c1-22-13-11-20-18(8-6-16-14-17(28)10-12-23(16,20)2)19(22)9-7-15(22)4-3-5-21(29)24(25,26)27;2*1-2/h6,15,17-21,28-29H,3-5,7-14H2,1-2H3;2*1-2H3/t15?,17?,18?,19?,20-,21-,22?,23-;;/m0../s1. The smallest absolute Gasteiger partial charge is 0.393 e. The van der Waals surface area contributed by atoms with Crippen LogP contribution in [-0.4, -0.2) is 28.6 Å². The predicted molar refractivity (Wildman–Crippen MR) is 130 cm³/mol. The van der Waals surface area contributed by atoms with Gasteiger partial charge in [0.2, 0.25) is 0 Å². The summed E-state index contributed by atoms with van der Waals surface area (Å²) < 4.78 is 37.8. The summed E-state index contributed by atoms with van der Waals surface area (Å²) in [6, 6.07) is 0. The Kier molecular flexibility index (Phi) is 9.96. The van der Waals surface area contributed by atoms with Gasteiger partial charge in [-0.3, -0.25) is 0 Å². The van der Waals surface area contributed by atoms with Crippen LogP contribution in [0.1, 0.15) is 112 Å². The number of allylic oxidation sites excluding steroid dienone is 1. The minimum Gasteiger partial charge on any atom is -0.393 e. The Hall–Kier alpha value is -0.550. The monoisotopic (exact) mass is 474 g/mol. The van der Waals surface area contributed by atoms with Gasteiger partial charge in [-0.05, 0) is 98.7 Å². The van der Waals surface area contributed by atoms with E-state index in [0.717, 1.165) is 38.5 Å². The van der Waals surface area contributed by atoms with Crippen LogP contribution in [-0.2, 0) is 0 Å². The van der Waals surface area contributed by atoms with Crippen molar-refractivity contribution in [3.8, 4) is 0 Å². The predicted octanol–water partition coefficient (Wildman–Crippen LogP) is 8.07. The number of rotatable bonds is 4. The van der Waals surface area contributed by atoms with Gasteiger partial charge in [0.05, 0.1) is 6.10 Å². The summed E-state index contributed by atoms with van der Waals surface area (Å²) in [5.41, 5.74) is 1.95. The maximum atomic E-state index is 12.6. The highest BCUT2D eigenvalue weighted by molar-refractivity contribution is 5.25. The second kappa shape index (κ2) is 11.5. The lowest BCUT2D eigenvalue weighted by Crippen LogP contribution is -2.50. The number of hydrogen-bond acceptors (Lipinski definition) is 2. The first-order valence-electron chi connectivity index (χ1n) is 13.7. The first-order chi connectivity index (χ1) is 15.6. The largest absolute Gasteiger partial charge is 0.414 e. The van der Waals surface area contributed by atoms with Gasteiger partial charge in [-0.1, -0.05) is 59.6 Å². The molecule has 0 bridgehead atoms. The summed E-state index contributed by atoms with van der Waals surface area (Å²) in [5, 5.41) is 19.4. The zero-order chi connectivity index (χ0) is 25.0. The average molecular weight is 475 g/mol. The summed E-state index contributed by atoms with van der Waals surface area (Å²) in [6.45, 7) is 12.8. The zero-order valence-corrected chi connectivity index (χ0v) is 21.8. The number of fused-ring (bicyclic) bond motifs is 5. The van der Waals surface area contributed by atoms with Crippen LogP contribution in [0.4, 0.5) is 13.2 Å². The lowest BCUT2D eigenvalue weighted by atomic mass is 9.47. The number of alkyl halides is 3. The lowest BCUT2D eigenvalue weighted by molar-refractivity contribution is -0.205. The van der Waals surface area contributed by atoms with Gasteiger partial charge >= 0.3 is 6.18 Å². The SMILES string of the molecule is CC.CC.CC12CC[C@H]3C(CC=C4CC(O)CC[C@@]43C)C1CCC2CCC[C@H](O)C(F)(F)F. The van der Waals surface area contributed by atoms with Crippen LogP contribution in [0, 0.1) is 34.5 Å². The second-order valence-corrected chi connectivity index (χ2v) is 11.0. The van der Waals surface area contributed by atoms with E-state index in [1.807, 2.05) is 27.7 Å². The van der Waals surface area contributed by atoms with Crippen LogP contribution >= 0.6 is 0 Å². The first-order valence-corrected chi connectivity index (χ1v) is 13.7. The molecule has 0 aromatic rings. The fraction of sp³-hybridized carbons (Fsp3) is 0.929. The average Bonchev–Trinajstić information content (AvgIpc) is 3.12. The van der Waals surface area contributed by atoms with E-state index in [2.05, 4.69) is 19.9 Å². The van der Waals surface area contributed by atoms with Crippen molar-refractivity contribution < 1.29 is 23.4 Å². The topological polar surface area (TPSA) is 40.5 Å². The maximum absolute atomic E-state index is 12.6. The Labute approximate surface area is 200 Å². The molecule has 194 valence electrons. The van der Waals surface area contributed by atoms with Gasteiger partial charge in [0, 0.05) is 0 Å². The van der Waals surface area contributed by atoms with Crippen molar-refractivity contribution in [1.82, 2.24) is 0 Å². The third-order valence-electron chi connectivity index (χ3n) is 9.68. The van der Waals surface area contributed by atoms with Crippen LogP contribution in [0.15, 0.2) is 11.6 Å². The Balaban J connectivity index is 0.000000914. The Morgan fingerprint density at radius 3 is 2.30 bits per heavy atom. The Morgan fingerprint density at radius 2 is 1.67 bits per heavy atom. The quantitative estimate of drug-likeness (QED) is 0.404. The van der Waals surface area contributed by atoms with Crippen molar-refractivity contribution in [2.24, 2.45) is 34.5 Å². The Morgan fingerprint density at radius 1 is 1.00 bits per heavy atom. The van der Waals surface area contributed by atoms with Gasteiger partial charge in [-0.2, -0.15) is 13.2 Å². The molecule has 0 aliphatic heterocycles. The van der Waals surface area contributed by atoms with E-state index in [0.29, 0.717) is 30.1 Å². The zero-order valence-electron chi connectivity index (χ0n) is 21.8. The van der Waals surface area contributed by atoms with E-state index in [1.54, 1.807) is 0 Å². The van der Waals surface area contributed by atoms with Gasteiger partial charge < -0.3 is 10.2 Å². The molecule has 4 aliphatic carbocycles. The summed E-state index contributed by atoms with van der Waals surface area (Å²) in [6.07, 6.45) is 5.35. The molecule has 3 saturated carbocycles. The molecule has 0 saturated heterocycles. The highest BCUT2D eigenvalue weighted by atomic mass is 19.4. The Bertz CT molecular complexity index is 646. The lowest BCUT2D eigenvalue weighted by Gasteiger charge is -2.58. The highest BCUT2D eigenvalue weighted by Gasteiger charge is 2.58. The normalized spacial score (nSPS) is 40.6. The molecular weight excluding hydrogens is 425 g/mol. The van der Waals surface area contributed by atoms with E-state index in [1.165, 1.54) is 24.8 Å². The highest BCUT2D eigenvalue weighted by Crippen LogP contribution is 2.66. The first kappa shape index (κ1) is 28.7. The van der Waals surface area contributed by atoms with Crippen LogP contribution in [0.5, 0.6) is 0 Å². The molecule has 0 aromatic carbocycles. The molecule has 0 amide bonds. The van der Waals surface area contributed by atoms with Gasteiger partial charge in [0.25, 0.3) is 0 Å². The van der Waals surface area contributed by atoms with E-state index >= 15 is 0 Å². The number of aliphatic hydroxyl groups is 2. The molecule has 5 heteroatoms. The third kappa shape index (κ3) is 5.66. The second-order valence-electron chi connectivity index (χ2n) is 11.0. The van der Waals surface area contributed by atoms with Crippen molar-refractivity contribution in [2.75, 3.05) is 0 Å². The molecule has 8 atom stereocenters. The van der Waals surface area contributed by atoms with Gasteiger partial charge in [0.1, 0.15) is 6.10 Å². The fourth-order valence-corrected chi connectivity index (χ4v) is 7.95. The van der Waals surface area contributed by atoms with Crippen molar-refractivity contribution >= 4 is 0 Å². The van der Waals surface area contributed by atoms with Gasteiger partial charge in [0.15, 0.2) is 0 Å². The molecule has 0 radical (unpaired) electrons. The molecule has 4 rings (SSSR count). The van der Waals surface area contributed by atoms with E-state index < -0.39 is 12.3 Å². The third-order valence-corrected chi connectivity index (χ3v) is 9.68. The number of halogens is 3. The van der Waals surface area contributed by atoms with Gasteiger partial charge in [-0.15, -0.1) is 0 Å². The molecule has 0 heterocycles. The van der Waals surface area contributed by atoms with Crippen LogP contribution < -0.4 is 0 Å². The number of aliphatic hydroxyl groups excluding tert-OH is 2. The molecule has 3 fully saturated rings. The van der Waals surface area contributed by atoms with Crippen LogP contribution in [0.2, 0.25) is 0 Å².